The number of benzene rings is 1. The Morgan fingerprint density at radius 2 is 2.00 bits per heavy atom. The van der Waals surface area contributed by atoms with Crippen molar-refractivity contribution in [1.29, 1.82) is 0 Å². The molecule has 1 aromatic rings. The first-order valence-electron chi connectivity index (χ1n) is 5.69. The van der Waals surface area contributed by atoms with Crippen LogP contribution in [0.3, 0.4) is 0 Å². The summed E-state index contributed by atoms with van der Waals surface area (Å²) >= 11 is 1.45. The highest BCUT2D eigenvalue weighted by atomic mass is 32.2. The second-order valence-electron chi connectivity index (χ2n) is 4.56. The van der Waals surface area contributed by atoms with E-state index in [1.54, 1.807) is 6.92 Å². The predicted octanol–water partition coefficient (Wildman–Crippen LogP) is 4.17. The van der Waals surface area contributed by atoms with Crippen molar-refractivity contribution in [3.8, 4) is 0 Å². The highest BCUT2D eigenvalue weighted by molar-refractivity contribution is 8.01. The zero-order valence-electron chi connectivity index (χ0n) is 9.88. The van der Waals surface area contributed by atoms with E-state index in [0.717, 1.165) is 18.2 Å². The monoisotopic (exact) mass is 274 g/mol. The third-order valence-corrected chi connectivity index (χ3v) is 4.70. The first-order valence-corrected chi connectivity index (χ1v) is 6.68. The Bertz CT molecular complexity index is 462. The minimum absolute atomic E-state index is 0.207. The summed E-state index contributed by atoms with van der Waals surface area (Å²) in [7, 11) is 0. The van der Waals surface area contributed by atoms with E-state index in [1.165, 1.54) is 30.0 Å². The molecule has 98 valence electrons. The van der Waals surface area contributed by atoms with Crippen LogP contribution in [0.25, 0.3) is 0 Å². The van der Waals surface area contributed by atoms with Crippen molar-refractivity contribution >= 4 is 17.5 Å². The molecule has 0 N–H and O–H groups in total. The number of rotatable bonds is 2. The molecule has 1 fully saturated rings. The Balaban J connectivity index is 2.42. The highest BCUT2D eigenvalue weighted by Gasteiger charge is 2.42. The Morgan fingerprint density at radius 1 is 1.33 bits per heavy atom. The number of carbonyl (C=O) groups is 1. The molecule has 1 aromatic carbocycles. The molecule has 1 aliphatic heterocycles. The summed E-state index contributed by atoms with van der Waals surface area (Å²) in [5, 5.41) is 0. The van der Waals surface area contributed by atoms with E-state index in [4.69, 9.17) is 0 Å². The molecule has 1 heterocycles. The molecule has 1 saturated heterocycles. The number of hydrogen-bond donors (Lipinski definition) is 0. The van der Waals surface area contributed by atoms with Gasteiger partial charge < -0.3 is 0 Å². The fraction of sp³-hybridized carbons (Fsp3) is 0.462. The predicted molar refractivity (Wildman–Crippen MR) is 65.9 cm³/mol. The number of alkyl halides is 3. The lowest BCUT2D eigenvalue weighted by Gasteiger charge is -2.23. The Morgan fingerprint density at radius 3 is 2.56 bits per heavy atom. The molecule has 0 amide bonds. The van der Waals surface area contributed by atoms with E-state index in [1.807, 2.05) is 0 Å². The first-order chi connectivity index (χ1) is 8.34. The van der Waals surface area contributed by atoms with E-state index in [0.29, 0.717) is 6.42 Å². The third kappa shape index (κ3) is 2.41. The van der Waals surface area contributed by atoms with Gasteiger partial charge in [-0.25, -0.2) is 0 Å². The molecule has 1 unspecified atom stereocenters. The molecule has 0 saturated carbocycles. The van der Waals surface area contributed by atoms with Crippen molar-refractivity contribution < 1.29 is 18.0 Å². The SMILES string of the molecule is CC1(C(=O)c2ccccc2C(F)(F)F)CCCS1. The molecule has 0 aliphatic carbocycles. The van der Waals surface area contributed by atoms with Gasteiger partial charge in [0.2, 0.25) is 0 Å². The molecule has 0 radical (unpaired) electrons. The van der Waals surface area contributed by atoms with Crippen LogP contribution in [0.5, 0.6) is 0 Å². The molecular weight excluding hydrogens is 261 g/mol. The normalized spacial score (nSPS) is 24.2. The number of Topliss-reactive ketones (excluding diaryl/α,β-unsaturated/α-hetero) is 1. The van der Waals surface area contributed by atoms with Crippen LogP contribution in [0.1, 0.15) is 35.7 Å². The topological polar surface area (TPSA) is 17.1 Å². The van der Waals surface area contributed by atoms with Crippen molar-refractivity contribution in [2.75, 3.05) is 5.75 Å². The molecule has 0 spiro atoms. The second kappa shape index (κ2) is 4.61. The van der Waals surface area contributed by atoms with E-state index < -0.39 is 22.3 Å². The summed E-state index contributed by atoms with van der Waals surface area (Å²) in [6.45, 7) is 1.74. The number of ketones is 1. The van der Waals surface area contributed by atoms with Crippen LogP contribution < -0.4 is 0 Å². The summed E-state index contributed by atoms with van der Waals surface area (Å²) < 4.78 is 37.9. The van der Waals surface area contributed by atoms with Crippen LogP contribution in [-0.2, 0) is 6.18 Å². The van der Waals surface area contributed by atoms with Crippen LogP contribution in [0, 0.1) is 0 Å². The van der Waals surface area contributed by atoms with Gasteiger partial charge in [-0.1, -0.05) is 18.2 Å². The van der Waals surface area contributed by atoms with E-state index >= 15 is 0 Å². The molecule has 2 rings (SSSR count). The van der Waals surface area contributed by atoms with Crippen LogP contribution in [0.4, 0.5) is 13.2 Å². The minimum atomic E-state index is -4.48. The van der Waals surface area contributed by atoms with Gasteiger partial charge in [0.1, 0.15) is 0 Å². The number of halogens is 3. The van der Waals surface area contributed by atoms with Gasteiger partial charge in [-0.15, -0.1) is 11.8 Å². The lowest BCUT2D eigenvalue weighted by Crippen LogP contribution is -2.30. The molecular formula is C13H13F3OS. The summed E-state index contributed by atoms with van der Waals surface area (Å²) in [6.07, 6.45) is -2.96. The van der Waals surface area contributed by atoms with Crippen LogP contribution >= 0.6 is 11.8 Å². The quantitative estimate of drug-likeness (QED) is 0.753. The average Bonchev–Trinajstić information content (AvgIpc) is 2.75. The maximum atomic E-state index is 12.9. The largest absolute Gasteiger partial charge is 0.417 e. The van der Waals surface area contributed by atoms with E-state index in [-0.39, 0.29) is 5.56 Å². The van der Waals surface area contributed by atoms with Gasteiger partial charge >= 0.3 is 6.18 Å². The lowest BCUT2D eigenvalue weighted by molar-refractivity contribution is -0.137. The molecule has 0 aromatic heterocycles. The molecule has 1 nitrogen and oxygen atoms in total. The Hall–Kier alpha value is -0.970. The summed E-state index contributed by atoms with van der Waals surface area (Å²) in [5.74, 6) is 0.425. The molecule has 18 heavy (non-hydrogen) atoms. The van der Waals surface area contributed by atoms with Crippen molar-refractivity contribution in [3.05, 3.63) is 35.4 Å². The molecule has 5 heteroatoms. The van der Waals surface area contributed by atoms with Gasteiger partial charge in [0.15, 0.2) is 5.78 Å². The van der Waals surface area contributed by atoms with Crippen LogP contribution in [-0.4, -0.2) is 16.3 Å². The number of thioether (sulfide) groups is 1. The Kier molecular flexibility index (Phi) is 3.45. The fourth-order valence-electron chi connectivity index (χ4n) is 2.17. The van der Waals surface area contributed by atoms with Crippen molar-refractivity contribution in [2.24, 2.45) is 0 Å². The zero-order chi connectivity index (χ0) is 13.4. The van der Waals surface area contributed by atoms with Crippen LogP contribution in [0.15, 0.2) is 24.3 Å². The van der Waals surface area contributed by atoms with Crippen molar-refractivity contribution in [2.45, 2.75) is 30.7 Å². The number of carbonyl (C=O) groups excluding carboxylic acids is 1. The van der Waals surface area contributed by atoms with Gasteiger partial charge in [0.05, 0.1) is 10.3 Å². The van der Waals surface area contributed by atoms with Gasteiger partial charge in [0.25, 0.3) is 0 Å². The smallest absolute Gasteiger partial charge is 0.293 e. The standard InChI is InChI=1S/C13H13F3OS/c1-12(7-4-8-18-12)11(17)9-5-2-3-6-10(9)13(14,15)16/h2-3,5-6H,4,7-8H2,1H3. The van der Waals surface area contributed by atoms with E-state index in [2.05, 4.69) is 0 Å². The zero-order valence-corrected chi connectivity index (χ0v) is 10.7. The average molecular weight is 274 g/mol. The first kappa shape index (κ1) is 13.5. The van der Waals surface area contributed by atoms with E-state index in [9.17, 15) is 18.0 Å². The van der Waals surface area contributed by atoms with Crippen LogP contribution in [0.2, 0.25) is 0 Å². The fourth-order valence-corrected chi connectivity index (χ4v) is 3.44. The van der Waals surface area contributed by atoms with Gasteiger partial charge in [-0.05, 0) is 31.6 Å². The lowest BCUT2D eigenvalue weighted by atomic mass is 9.91. The molecule has 0 bridgehead atoms. The molecule has 1 aliphatic rings. The second-order valence-corrected chi connectivity index (χ2v) is 6.15. The maximum absolute atomic E-state index is 12.9. The summed E-state index contributed by atoms with van der Waals surface area (Å²) in [6, 6.07) is 5.03. The van der Waals surface area contributed by atoms with Crippen molar-refractivity contribution in [3.63, 3.8) is 0 Å². The Labute approximate surface area is 108 Å². The number of hydrogen-bond acceptors (Lipinski definition) is 2. The summed E-state index contributed by atoms with van der Waals surface area (Å²) in [4.78, 5) is 12.3. The maximum Gasteiger partial charge on any atom is 0.417 e. The highest BCUT2D eigenvalue weighted by Crippen LogP contribution is 2.42. The van der Waals surface area contributed by atoms with Gasteiger partial charge in [-0.2, -0.15) is 13.2 Å². The van der Waals surface area contributed by atoms with Gasteiger partial charge in [-0.3, -0.25) is 4.79 Å². The summed E-state index contributed by atoms with van der Waals surface area (Å²) in [5.41, 5.74) is -1.04. The third-order valence-electron chi connectivity index (χ3n) is 3.18. The minimum Gasteiger partial charge on any atom is -0.293 e. The van der Waals surface area contributed by atoms with Crippen molar-refractivity contribution in [1.82, 2.24) is 0 Å². The molecule has 1 atom stereocenters. The van der Waals surface area contributed by atoms with Gasteiger partial charge in [0, 0.05) is 5.56 Å².